The minimum atomic E-state index is -0.786. The molecule has 0 spiro atoms. The zero-order valence-electron chi connectivity index (χ0n) is 12.8. The van der Waals surface area contributed by atoms with Gasteiger partial charge in [0.15, 0.2) is 0 Å². The number of carboxylic acid groups (broad SMARTS) is 1. The van der Waals surface area contributed by atoms with E-state index in [2.05, 4.69) is 45.2 Å². The van der Waals surface area contributed by atoms with Gasteiger partial charge >= 0.3 is 5.97 Å². The van der Waals surface area contributed by atoms with E-state index in [0.29, 0.717) is 18.6 Å². The molecule has 122 valence electrons. The first-order valence-corrected chi connectivity index (χ1v) is 9.28. The second kappa shape index (κ2) is 10.7. The fraction of sp³-hybridized carbons (Fsp3) is 0.222. The van der Waals surface area contributed by atoms with Crippen molar-refractivity contribution in [2.45, 2.75) is 26.2 Å². The molecular formula is C18H18I2O3. The van der Waals surface area contributed by atoms with Crippen molar-refractivity contribution in [1.29, 1.82) is 0 Å². The van der Waals surface area contributed by atoms with Crippen molar-refractivity contribution in [3.05, 3.63) is 66.8 Å². The highest BCUT2D eigenvalue weighted by molar-refractivity contribution is 14.1. The molecule has 0 unspecified atom stereocenters. The summed E-state index contributed by atoms with van der Waals surface area (Å²) in [5, 5.41) is 8.43. The van der Waals surface area contributed by atoms with Gasteiger partial charge in [0, 0.05) is 20.0 Å². The molecule has 0 aromatic heterocycles. The highest BCUT2D eigenvalue weighted by Crippen LogP contribution is 2.08. The van der Waals surface area contributed by atoms with E-state index in [1.165, 1.54) is 3.57 Å². The summed E-state index contributed by atoms with van der Waals surface area (Å²) in [6.45, 7) is 1.90. The number of hydrogen-bond acceptors (Lipinski definition) is 2. The van der Waals surface area contributed by atoms with Crippen LogP contribution in [0.15, 0.2) is 48.5 Å². The third-order valence-corrected chi connectivity index (χ3v) is 4.42. The van der Waals surface area contributed by atoms with Crippen LogP contribution in [-0.2, 0) is 22.4 Å². The number of aliphatic carboxylic acids is 1. The summed E-state index contributed by atoms with van der Waals surface area (Å²) >= 11 is 4.44. The summed E-state index contributed by atoms with van der Waals surface area (Å²) < 4.78 is 2.33. The number of carbonyl (C=O) groups is 2. The summed E-state index contributed by atoms with van der Waals surface area (Å²) in [5.74, 6) is -0.484. The molecule has 5 heteroatoms. The number of Topliss-reactive ketones (excluding diaryl/α,β-unsaturated/α-hetero) is 1. The largest absolute Gasteiger partial charge is 0.481 e. The van der Waals surface area contributed by atoms with Gasteiger partial charge in [-0.3, -0.25) is 9.59 Å². The molecule has 0 atom stereocenters. The van der Waals surface area contributed by atoms with E-state index in [9.17, 15) is 9.59 Å². The Morgan fingerprint density at radius 3 is 1.57 bits per heavy atom. The molecule has 0 aliphatic carbocycles. The van der Waals surface area contributed by atoms with Crippen molar-refractivity contribution in [3.8, 4) is 0 Å². The lowest BCUT2D eigenvalue weighted by atomic mass is 10.1. The van der Waals surface area contributed by atoms with Crippen LogP contribution in [0.4, 0.5) is 0 Å². The number of rotatable bonds is 5. The van der Waals surface area contributed by atoms with Crippen LogP contribution in [-0.4, -0.2) is 16.9 Å². The monoisotopic (exact) mass is 536 g/mol. The molecule has 0 fully saturated rings. The van der Waals surface area contributed by atoms with Crippen molar-refractivity contribution < 1.29 is 14.7 Å². The molecule has 2 rings (SSSR count). The summed E-state index contributed by atoms with van der Waals surface area (Å²) in [4.78, 5) is 21.3. The highest BCUT2D eigenvalue weighted by Gasteiger charge is 1.99. The Balaban J connectivity index is 0.000000231. The predicted molar refractivity (Wildman–Crippen MR) is 109 cm³/mol. The van der Waals surface area contributed by atoms with Crippen LogP contribution in [0.2, 0.25) is 0 Å². The Hall–Kier alpha value is -0.960. The van der Waals surface area contributed by atoms with E-state index < -0.39 is 5.97 Å². The number of hydrogen-bond donors (Lipinski definition) is 1. The molecule has 0 radical (unpaired) electrons. The molecule has 0 amide bonds. The molecule has 2 aromatic rings. The number of halogens is 2. The third kappa shape index (κ3) is 9.04. The van der Waals surface area contributed by atoms with Crippen LogP contribution in [0.25, 0.3) is 0 Å². The summed E-state index contributed by atoms with van der Waals surface area (Å²) in [7, 11) is 0. The lowest BCUT2D eigenvalue weighted by Gasteiger charge is -1.98. The normalized spacial score (nSPS) is 9.70. The molecule has 0 saturated carbocycles. The second-order valence-corrected chi connectivity index (χ2v) is 7.38. The fourth-order valence-electron chi connectivity index (χ4n) is 1.73. The zero-order chi connectivity index (χ0) is 17.2. The van der Waals surface area contributed by atoms with Gasteiger partial charge in [-0.15, -0.1) is 0 Å². The summed E-state index contributed by atoms with van der Waals surface area (Å²) in [6.07, 6.45) is 1.32. The molecular weight excluding hydrogens is 518 g/mol. The molecule has 2 aromatic carbocycles. The molecule has 0 aliphatic rings. The maximum Gasteiger partial charge on any atom is 0.307 e. The smallest absolute Gasteiger partial charge is 0.307 e. The number of carbonyl (C=O) groups excluding carboxylic acids is 1. The van der Waals surface area contributed by atoms with E-state index in [1.54, 1.807) is 0 Å². The predicted octanol–water partition coefficient (Wildman–Crippen LogP) is 4.73. The van der Waals surface area contributed by atoms with Gasteiger partial charge in [-0.2, -0.15) is 0 Å². The van der Waals surface area contributed by atoms with Crippen molar-refractivity contribution in [1.82, 2.24) is 0 Å². The average Bonchev–Trinajstić information content (AvgIpc) is 2.52. The molecule has 0 heterocycles. The minimum absolute atomic E-state index is 0.108. The van der Waals surface area contributed by atoms with Gasteiger partial charge in [0.25, 0.3) is 0 Å². The van der Waals surface area contributed by atoms with Crippen LogP contribution < -0.4 is 0 Å². The lowest BCUT2D eigenvalue weighted by Crippen LogP contribution is -1.99. The standard InChI is InChI=1S/C10H11IO.C8H7IO2/c1-2-10(12)7-8-3-5-9(11)6-4-8;9-7-3-1-6(2-4-7)5-8(10)11/h3-6H,2,7H2,1H3;1-4H,5H2,(H,10,11). The molecule has 0 aliphatic heterocycles. The van der Waals surface area contributed by atoms with E-state index in [4.69, 9.17) is 5.11 Å². The van der Waals surface area contributed by atoms with Gasteiger partial charge in [-0.25, -0.2) is 0 Å². The quantitative estimate of drug-likeness (QED) is 0.563. The van der Waals surface area contributed by atoms with E-state index in [0.717, 1.165) is 14.7 Å². The first-order chi connectivity index (χ1) is 10.9. The van der Waals surface area contributed by atoms with Gasteiger partial charge in [0.05, 0.1) is 6.42 Å². The van der Waals surface area contributed by atoms with Crippen molar-refractivity contribution in [2.24, 2.45) is 0 Å². The number of benzene rings is 2. The van der Waals surface area contributed by atoms with Crippen molar-refractivity contribution in [3.63, 3.8) is 0 Å². The topological polar surface area (TPSA) is 54.4 Å². The van der Waals surface area contributed by atoms with Crippen LogP contribution in [0, 0.1) is 7.14 Å². The Bertz CT molecular complexity index is 634. The SMILES string of the molecule is CCC(=O)Cc1ccc(I)cc1.O=C(O)Cc1ccc(I)cc1. The molecule has 0 saturated heterocycles. The van der Waals surface area contributed by atoms with E-state index in [1.807, 2.05) is 55.5 Å². The molecule has 23 heavy (non-hydrogen) atoms. The Labute approximate surface area is 163 Å². The van der Waals surface area contributed by atoms with Crippen LogP contribution >= 0.6 is 45.2 Å². The van der Waals surface area contributed by atoms with E-state index in [-0.39, 0.29) is 6.42 Å². The first-order valence-electron chi connectivity index (χ1n) is 7.13. The molecule has 3 nitrogen and oxygen atoms in total. The summed E-state index contributed by atoms with van der Waals surface area (Å²) in [5.41, 5.74) is 1.96. The maximum absolute atomic E-state index is 11.1. The highest BCUT2D eigenvalue weighted by atomic mass is 127. The van der Waals surface area contributed by atoms with E-state index >= 15 is 0 Å². The molecule has 1 N–H and O–H groups in total. The summed E-state index contributed by atoms with van der Waals surface area (Å²) in [6, 6.07) is 15.5. The minimum Gasteiger partial charge on any atom is -0.481 e. The second-order valence-electron chi connectivity index (χ2n) is 4.89. The lowest BCUT2D eigenvalue weighted by molar-refractivity contribution is -0.136. The van der Waals surface area contributed by atoms with Crippen LogP contribution in [0.1, 0.15) is 24.5 Å². The van der Waals surface area contributed by atoms with Gasteiger partial charge in [-0.05, 0) is 80.6 Å². The van der Waals surface area contributed by atoms with Crippen molar-refractivity contribution in [2.75, 3.05) is 0 Å². The van der Waals surface area contributed by atoms with Crippen molar-refractivity contribution >= 4 is 56.9 Å². The average molecular weight is 536 g/mol. The van der Waals surface area contributed by atoms with Gasteiger partial charge in [0.1, 0.15) is 5.78 Å². The molecule has 0 bridgehead atoms. The Kier molecular flexibility index (Phi) is 9.39. The van der Waals surface area contributed by atoms with Gasteiger partial charge in [0.2, 0.25) is 0 Å². The van der Waals surface area contributed by atoms with Crippen LogP contribution in [0.3, 0.4) is 0 Å². The van der Waals surface area contributed by atoms with Gasteiger partial charge < -0.3 is 5.11 Å². The maximum atomic E-state index is 11.1. The number of carboxylic acids is 1. The Morgan fingerprint density at radius 1 is 0.826 bits per heavy atom. The van der Waals surface area contributed by atoms with Gasteiger partial charge in [-0.1, -0.05) is 31.2 Å². The Morgan fingerprint density at radius 2 is 1.22 bits per heavy atom. The number of ketones is 1. The third-order valence-electron chi connectivity index (χ3n) is 2.98. The fourth-order valence-corrected chi connectivity index (χ4v) is 2.45. The first kappa shape index (κ1) is 20.1. The zero-order valence-corrected chi connectivity index (χ0v) is 17.1. The van der Waals surface area contributed by atoms with Crippen LogP contribution in [0.5, 0.6) is 0 Å².